The van der Waals surface area contributed by atoms with Gasteiger partial charge in [-0.15, -0.1) is 5.10 Å². The first-order valence-corrected chi connectivity index (χ1v) is 6.50. The highest BCUT2D eigenvalue weighted by Gasteiger charge is 2.20. The van der Waals surface area contributed by atoms with Crippen molar-refractivity contribution in [2.75, 3.05) is 6.61 Å². The van der Waals surface area contributed by atoms with Gasteiger partial charge < -0.3 is 4.74 Å². The Hall–Kier alpha value is -0.940. The van der Waals surface area contributed by atoms with Crippen LogP contribution in [0.25, 0.3) is 10.9 Å². The summed E-state index contributed by atoms with van der Waals surface area (Å²) in [5, 5.41) is 4.49. The third kappa shape index (κ3) is 1.98. The van der Waals surface area contributed by atoms with Crippen molar-refractivity contribution >= 4 is 26.8 Å². The molecule has 0 aliphatic carbocycles. The van der Waals surface area contributed by atoms with Crippen LogP contribution in [0.4, 0.5) is 4.39 Å². The molecule has 3 nitrogen and oxygen atoms in total. The van der Waals surface area contributed by atoms with Gasteiger partial charge in [0.2, 0.25) is 5.95 Å². The fraction of sp³-hybridized carbons (Fsp3) is 0.417. The molecule has 0 N–H and O–H groups in total. The Bertz CT molecular complexity index is 549. The van der Waals surface area contributed by atoms with E-state index in [2.05, 4.69) is 21.0 Å². The second-order valence-corrected chi connectivity index (χ2v) is 5.13. The molecule has 1 fully saturated rings. The molecule has 1 atom stereocenters. The highest BCUT2D eigenvalue weighted by molar-refractivity contribution is 9.10. The summed E-state index contributed by atoms with van der Waals surface area (Å²) < 4.78 is 21.9. The number of aromatic nitrogens is 2. The maximum Gasteiger partial charge on any atom is 0.240 e. The van der Waals surface area contributed by atoms with Crippen LogP contribution in [0.2, 0.25) is 0 Å². The van der Waals surface area contributed by atoms with E-state index in [1.165, 1.54) is 0 Å². The van der Waals surface area contributed by atoms with E-state index in [0.29, 0.717) is 5.39 Å². The minimum absolute atomic E-state index is 0.128. The third-order valence-corrected chi connectivity index (χ3v) is 3.54. The van der Waals surface area contributed by atoms with Crippen LogP contribution < -0.4 is 0 Å². The van der Waals surface area contributed by atoms with Gasteiger partial charge >= 0.3 is 0 Å². The van der Waals surface area contributed by atoms with Gasteiger partial charge in [0.1, 0.15) is 0 Å². The lowest BCUT2D eigenvalue weighted by Crippen LogP contribution is -2.19. The molecule has 1 aliphatic heterocycles. The van der Waals surface area contributed by atoms with Crippen molar-refractivity contribution in [1.29, 1.82) is 0 Å². The normalized spacial score (nSPS) is 20.9. The highest BCUT2D eigenvalue weighted by Crippen LogP contribution is 2.28. The van der Waals surface area contributed by atoms with Crippen molar-refractivity contribution in [2.45, 2.75) is 25.5 Å². The quantitative estimate of drug-likeness (QED) is 0.804. The zero-order chi connectivity index (χ0) is 11.8. The second kappa shape index (κ2) is 4.38. The van der Waals surface area contributed by atoms with Crippen molar-refractivity contribution in [3.8, 4) is 0 Å². The third-order valence-electron chi connectivity index (χ3n) is 3.05. The van der Waals surface area contributed by atoms with Crippen LogP contribution in [0.1, 0.15) is 25.5 Å². The summed E-state index contributed by atoms with van der Waals surface area (Å²) in [6.07, 6.45) is 2.94. The van der Waals surface area contributed by atoms with Gasteiger partial charge in [-0.2, -0.15) is 4.39 Å². The zero-order valence-electron chi connectivity index (χ0n) is 9.20. The fourth-order valence-electron chi connectivity index (χ4n) is 2.21. The molecule has 5 heteroatoms. The van der Waals surface area contributed by atoms with Gasteiger partial charge in [0.25, 0.3) is 0 Å². The van der Waals surface area contributed by atoms with E-state index in [1.807, 2.05) is 12.1 Å². The number of fused-ring (bicyclic) bond motifs is 1. The van der Waals surface area contributed by atoms with Crippen LogP contribution in [0.5, 0.6) is 0 Å². The Morgan fingerprint density at radius 3 is 3.06 bits per heavy atom. The summed E-state index contributed by atoms with van der Waals surface area (Å²) in [5.41, 5.74) is 0.789. The number of ether oxygens (including phenoxy) is 1. The van der Waals surface area contributed by atoms with Gasteiger partial charge in [0.15, 0.2) is 6.23 Å². The topological polar surface area (TPSA) is 27.1 Å². The molecule has 0 bridgehead atoms. The molecule has 0 amide bonds. The minimum atomic E-state index is -0.435. The van der Waals surface area contributed by atoms with Gasteiger partial charge in [-0.05, 0) is 37.5 Å². The Labute approximate surface area is 107 Å². The van der Waals surface area contributed by atoms with Gasteiger partial charge in [-0.3, -0.25) is 0 Å². The smallest absolute Gasteiger partial charge is 0.240 e. The van der Waals surface area contributed by atoms with E-state index in [9.17, 15) is 4.39 Å². The van der Waals surface area contributed by atoms with Crippen molar-refractivity contribution in [1.82, 2.24) is 9.78 Å². The molecule has 1 aromatic carbocycles. The maximum atomic E-state index is 13.7. The molecule has 2 heterocycles. The number of rotatable bonds is 1. The molecule has 2 aromatic rings. The Morgan fingerprint density at radius 1 is 1.41 bits per heavy atom. The minimum Gasteiger partial charge on any atom is -0.356 e. The monoisotopic (exact) mass is 298 g/mol. The molecular weight excluding hydrogens is 287 g/mol. The molecule has 1 aliphatic rings. The maximum absolute atomic E-state index is 13.7. The molecule has 17 heavy (non-hydrogen) atoms. The number of nitrogens with zero attached hydrogens (tertiary/aromatic N) is 2. The van der Waals surface area contributed by atoms with Crippen LogP contribution in [-0.2, 0) is 4.74 Å². The summed E-state index contributed by atoms with van der Waals surface area (Å²) in [6.45, 7) is 0.726. The summed E-state index contributed by atoms with van der Waals surface area (Å²) in [7, 11) is 0. The molecule has 0 radical (unpaired) electrons. The number of hydrogen-bond acceptors (Lipinski definition) is 2. The number of hydrogen-bond donors (Lipinski definition) is 0. The van der Waals surface area contributed by atoms with Gasteiger partial charge in [0.05, 0.1) is 10.9 Å². The van der Waals surface area contributed by atoms with Crippen molar-refractivity contribution in [3.63, 3.8) is 0 Å². The zero-order valence-corrected chi connectivity index (χ0v) is 10.8. The van der Waals surface area contributed by atoms with Crippen LogP contribution in [0.3, 0.4) is 0 Å². The fourth-order valence-corrected chi connectivity index (χ4v) is 2.57. The van der Waals surface area contributed by atoms with Crippen LogP contribution in [0.15, 0.2) is 22.7 Å². The average molecular weight is 299 g/mol. The van der Waals surface area contributed by atoms with E-state index in [4.69, 9.17) is 4.74 Å². The molecule has 0 saturated carbocycles. The van der Waals surface area contributed by atoms with E-state index in [0.717, 1.165) is 35.9 Å². The summed E-state index contributed by atoms with van der Waals surface area (Å²) in [5.74, 6) is -0.435. The molecular formula is C12H12BrFN2O. The largest absolute Gasteiger partial charge is 0.356 e. The van der Waals surface area contributed by atoms with E-state index in [-0.39, 0.29) is 6.23 Å². The van der Waals surface area contributed by atoms with Gasteiger partial charge in [-0.1, -0.05) is 15.9 Å². The first kappa shape index (κ1) is 11.2. The standard InChI is InChI=1S/C12H12BrFN2O/c13-8-4-5-10-9(7-8)12(14)15-16(10)11-3-1-2-6-17-11/h4-5,7,11H,1-3,6H2/t11-/m1/s1. The summed E-state index contributed by atoms with van der Waals surface area (Å²) in [4.78, 5) is 0. The molecule has 1 aromatic heterocycles. The van der Waals surface area contributed by atoms with Crippen molar-refractivity contribution in [2.24, 2.45) is 0 Å². The Morgan fingerprint density at radius 2 is 2.29 bits per heavy atom. The van der Waals surface area contributed by atoms with E-state index >= 15 is 0 Å². The summed E-state index contributed by atoms with van der Waals surface area (Å²) in [6, 6.07) is 5.51. The summed E-state index contributed by atoms with van der Waals surface area (Å²) >= 11 is 3.34. The van der Waals surface area contributed by atoms with Crippen molar-refractivity contribution in [3.05, 3.63) is 28.6 Å². The van der Waals surface area contributed by atoms with Crippen LogP contribution in [0, 0.1) is 5.95 Å². The highest BCUT2D eigenvalue weighted by atomic mass is 79.9. The first-order chi connectivity index (χ1) is 8.25. The molecule has 90 valence electrons. The molecule has 0 unspecified atom stereocenters. The van der Waals surface area contributed by atoms with Crippen LogP contribution in [-0.4, -0.2) is 16.4 Å². The Balaban J connectivity index is 2.10. The SMILES string of the molecule is Fc1nn([C@H]2CCCCO2)c2ccc(Br)cc12. The van der Waals surface area contributed by atoms with Gasteiger partial charge in [0, 0.05) is 11.1 Å². The second-order valence-electron chi connectivity index (χ2n) is 4.22. The number of benzene rings is 1. The van der Waals surface area contributed by atoms with E-state index < -0.39 is 5.95 Å². The first-order valence-electron chi connectivity index (χ1n) is 5.70. The molecule has 1 saturated heterocycles. The molecule has 0 spiro atoms. The Kier molecular flexibility index (Phi) is 2.88. The lowest BCUT2D eigenvalue weighted by Gasteiger charge is -2.23. The lowest BCUT2D eigenvalue weighted by atomic mass is 10.2. The lowest BCUT2D eigenvalue weighted by molar-refractivity contribution is -0.0375. The number of halogens is 2. The predicted molar refractivity (Wildman–Crippen MR) is 66.2 cm³/mol. The van der Waals surface area contributed by atoms with Gasteiger partial charge in [-0.25, -0.2) is 4.68 Å². The average Bonchev–Trinajstić information content (AvgIpc) is 2.68. The van der Waals surface area contributed by atoms with E-state index in [1.54, 1.807) is 10.7 Å². The predicted octanol–water partition coefficient (Wildman–Crippen LogP) is 3.64. The molecule has 3 rings (SSSR count). The van der Waals surface area contributed by atoms with Crippen molar-refractivity contribution < 1.29 is 9.13 Å². The van der Waals surface area contributed by atoms with Crippen LogP contribution >= 0.6 is 15.9 Å².